The van der Waals surface area contributed by atoms with Gasteiger partial charge in [0.2, 0.25) is 0 Å². The molecular formula is C13H8INO. The van der Waals surface area contributed by atoms with Gasteiger partial charge in [-0.05, 0) is 58.0 Å². The van der Waals surface area contributed by atoms with E-state index >= 15 is 0 Å². The maximum absolute atomic E-state index is 9.43. The molecule has 1 N–H and O–H groups in total. The molecule has 0 heterocycles. The maximum atomic E-state index is 9.43. The van der Waals surface area contributed by atoms with E-state index in [2.05, 4.69) is 28.7 Å². The molecule has 0 atom stereocenters. The lowest BCUT2D eigenvalue weighted by atomic mass is 10.0. The van der Waals surface area contributed by atoms with E-state index in [9.17, 15) is 5.11 Å². The van der Waals surface area contributed by atoms with Crippen molar-refractivity contribution >= 4 is 22.6 Å². The van der Waals surface area contributed by atoms with Crippen LogP contribution in [0.4, 0.5) is 0 Å². The van der Waals surface area contributed by atoms with Gasteiger partial charge in [0.05, 0.1) is 15.2 Å². The van der Waals surface area contributed by atoms with Crippen molar-refractivity contribution in [1.82, 2.24) is 0 Å². The number of rotatable bonds is 1. The molecule has 0 aliphatic heterocycles. The predicted molar refractivity (Wildman–Crippen MR) is 71.0 cm³/mol. The van der Waals surface area contributed by atoms with Crippen LogP contribution in [0.2, 0.25) is 0 Å². The first-order valence-corrected chi connectivity index (χ1v) is 5.77. The standard InChI is InChI=1S/C13H8INO/c14-12-7-11(4-5-13(12)16)10-3-1-2-9(6-10)8-15/h1-7,16H. The number of nitriles is 1. The van der Waals surface area contributed by atoms with Gasteiger partial charge in [-0.1, -0.05) is 18.2 Å². The Bertz CT molecular complexity index is 572. The molecule has 0 aromatic heterocycles. The van der Waals surface area contributed by atoms with Crippen LogP contribution in [0, 0.1) is 14.9 Å². The first kappa shape index (κ1) is 11.0. The molecule has 0 aliphatic carbocycles. The molecule has 2 rings (SSSR count). The molecule has 2 nitrogen and oxygen atoms in total. The summed E-state index contributed by atoms with van der Waals surface area (Å²) in [5.41, 5.74) is 2.62. The summed E-state index contributed by atoms with van der Waals surface area (Å²) in [5, 5.41) is 18.2. The number of halogens is 1. The van der Waals surface area contributed by atoms with Crippen LogP contribution < -0.4 is 0 Å². The SMILES string of the molecule is N#Cc1cccc(-c2ccc(O)c(I)c2)c1. The Labute approximate surface area is 107 Å². The fraction of sp³-hybridized carbons (Fsp3) is 0. The second kappa shape index (κ2) is 4.54. The van der Waals surface area contributed by atoms with E-state index < -0.39 is 0 Å². The van der Waals surface area contributed by atoms with Crippen LogP contribution in [-0.4, -0.2) is 5.11 Å². The highest BCUT2D eigenvalue weighted by Crippen LogP contribution is 2.27. The quantitative estimate of drug-likeness (QED) is 0.817. The molecule has 0 bridgehead atoms. The Hall–Kier alpha value is -1.54. The van der Waals surface area contributed by atoms with E-state index in [0.717, 1.165) is 14.7 Å². The van der Waals surface area contributed by atoms with Gasteiger partial charge in [-0.2, -0.15) is 5.26 Å². The van der Waals surface area contributed by atoms with E-state index in [1.165, 1.54) is 0 Å². The summed E-state index contributed by atoms with van der Waals surface area (Å²) in [6.07, 6.45) is 0. The highest BCUT2D eigenvalue weighted by molar-refractivity contribution is 14.1. The molecule has 0 fully saturated rings. The van der Waals surface area contributed by atoms with Gasteiger partial charge in [0.15, 0.2) is 0 Å². The predicted octanol–water partition coefficient (Wildman–Crippen LogP) is 3.54. The summed E-state index contributed by atoms with van der Waals surface area (Å²) < 4.78 is 0.803. The molecule has 0 spiro atoms. The summed E-state index contributed by atoms with van der Waals surface area (Å²) in [5.74, 6) is 0.279. The lowest BCUT2D eigenvalue weighted by Crippen LogP contribution is -1.81. The number of benzene rings is 2. The Balaban J connectivity index is 2.51. The molecule has 16 heavy (non-hydrogen) atoms. The Morgan fingerprint density at radius 2 is 1.81 bits per heavy atom. The number of nitrogens with zero attached hydrogens (tertiary/aromatic N) is 1. The van der Waals surface area contributed by atoms with Crippen LogP contribution in [0.5, 0.6) is 5.75 Å². The van der Waals surface area contributed by atoms with Crippen LogP contribution in [0.15, 0.2) is 42.5 Å². The van der Waals surface area contributed by atoms with E-state index in [4.69, 9.17) is 5.26 Å². The van der Waals surface area contributed by atoms with E-state index in [0.29, 0.717) is 5.56 Å². The lowest BCUT2D eigenvalue weighted by Gasteiger charge is -2.04. The third kappa shape index (κ3) is 2.17. The number of hydrogen-bond acceptors (Lipinski definition) is 2. The number of phenols is 1. The summed E-state index contributed by atoms with van der Waals surface area (Å²) in [6.45, 7) is 0. The molecule has 0 saturated heterocycles. The number of aromatic hydroxyl groups is 1. The summed E-state index contributed by atoms with van der Waals surface area (Å²) in [6, 6.07) is 14.9. The number of phenolic OH excluding ortho intramolecular Hbond substituents is 1. The second-order valence-corrected chi connectivity index (χ2v) is 4.52. The molecule has 78 valence electrons. The summed E-state index contributed by atoms with van der Waals surface area (Å²) >= 11 is 2.08. The highest BCUT2D eigenvalue weighted by atomic mass is 127. The highest BCUT2D eigenvalue weighted by Gasteiger charge is 2.02. The zero-order chi connectivity index (χ0) is 11.5. The first-order valence-electron chi connectivity index (χ1n) is 4.70. The van der Waals surface area contributed by atoms with Crippen molar-refractivity contribution in [2.75, 3.05) is 0 Å². The van der Waals surface area contributed by atoms with Crippen molar-refractivity contribution in [3.8, 4) is 22.9 Å². The molecule has 3 heteroatoms. The van der Waals surface area contributed by atoms with Gasteiger partial charge in [0, 0.05) is 0 Å². The van der Waals surface area contributed by atoms with Gasteiger partial charge in [-0.25, -0.2) is 0 Å². The number of hydrogen-bond donors (Lipinski definition) is 1. The molecule has 0 unspecified atom stereocenters. The van der Waals surface area contributed by atoms with Crippen molar-refractivity contribution in [2.24, 2.45) is 0 Å². The molecular weight excluding hydrogens is 313 g/mol. The minimum atomic E-state index is 0.279. The molecule has 0 saturated carbocycles. The zero-order valence-corrected chi connectivity index (χ0v) is 10.5. The van der Waals surface area contributed by atoms with Crippen LogP contribution in [-0.2, 0) is 0 Å². The summed E-state index contributed by atoms with van der Waals surface area (Å²) in [7, 11) is 0. The normalized spacial score (nSPS) is 9.75. The smallest absolute Gasteiger partial charge is 0.128 e. The lowest BCUT2D eigenvalue weighted by molar-refractivity contribution is 0.471. The molecule has 0 amide bonds. The van der Waals surface area contributed by atoms with Crippen LogP contribution in [0.25, 0.3) is 11.1 Å². The fourth-order valence-corrected chi connectivity index (χ4v) is 1.97. The largest absolute Gasteiger partial charge is 0.507 e. The Morgan fingerprint density at radius 3 is 2.50 bits per heavy atom. The van der Waals surface area contributed by atoms with Crippen molar-refractivity contribution in [2.45, 2.75) is 0 Å². The van der Waals surface area contributed by atoms with Gasteiger partial charge in [0.1, 0.15) is 5.75 Å². The topological polar surface area (TPSA) is 44.0 Å². The van der Waals surface area contributed by atoms with Crippen LogP contribution in [0.1, 0.15) is 5.56 Å². The zero-order valence-electron chi connectivity index (χ0n) is 8.31. The van der Waals surface area contributed by atoms with Crippen molar-refractivity contribution in [3.05, 3.63) is 51.6 Å². The molecule has 2 aromatic rings. The summed E-state index contributed by atoms with van der Waals surface area (Å²) in [4.78, 5) is 0. The van der Waals surface area contributed by atoms with Crippen molar-refractivity contribution < 1.29 is 5.11 Å². The average Bonchev–Trinajstić information content (AvgIpc) is 2.33. The van der Waals surface area contributed by atoms with Gasteiger partial charge in [-0.15, -0.1) is 0 Å². The van der Waals surface area contributed by atoms with Crippen LogP contribution >= 0.6 is 22.6 Å². The van der Waals surface area contributed by atoms with Crippen LogP contribution in [0.3, 0.4) is 0 Å². The van der Waals surface area contributed by atoms with Gasteiger partial charge >= 0.3 is 0 Å². The van der Waals surface area contributed by atoms with Crippen molar-refractivity contribution in [3.63, 3.8) is 0 Å². The van der Waals surface area contributed by atoms with Gasteiger partial charge in [-0.3, -0.25) is 0 Å². The Morgan fingerprint density at radius 1 is 1.06 bits per heavy atom. The minimum absolute atomic E-state index is 0.279. The first-order chi connectivity index (χ1) is 7.70. The third-order valence-corrected chi connectivity index (χ3v) is 3.14. The van der Waals surface area contributed by atoms with Gasteiger partial charge < -0.3 is 5.11 Å². The minimum Gasteiger partial charge on any atom is -0.507 e. The monoisotopic (exact) mass is 321 g/mol. The van der Waals surface area contributed by atoms with Gasteiger partial charge in [0.25, 0.3) is 0 Å². The average molecular weight is 321 g/mol. The molecule has 0 aliphatic rings. The van der Waals surface area contributed by atoms with E-state index in [1.54, 1.807) is 12.1 Å². The molecule has 2 aromatic carbocycles. The van der Waals surface area contributed by atoms with E-state index in [1.807, 2.05) is 30.3 Å². The molecule has 0 radical (unpaired) electrons. The maximum Gasteiger partial charge on any atom is 0.128 e. The van der Waals surface area contributed by atoms with Crippen molar-refractivity contribution in [1.29, 1.82) is 5.26 Å². The Kier molecular flexibility index (Phi) is 3.11. The fourth-order valence-electron chi connectivity index (χ4n) is 1.45. The second-order valence-electron chi connectivity index (χ2n) is 3.36. The third-order valence-electron chi connectivity index (χ3n) is 2.27. The van der Waals surface area contributed by atoms with E-state index in [-0.39, 0.29) is 5.75 Å².